The highest BCUT2D eigenvalue weighted by atomic mass is 35.5. The van der Waals surface area contributed by atoms with E-state index in [9.17, 15) is 9.59 Å². The van der Waals surface area contributed by atoms with E-state index in [0.717, 1.165) is 36.5 Å². The van der Waals surface area contributed by atoms with Crippen LogP contribution >= 0.6 is 22.9 Å². The highest BCUT2D eigenvalue weighted by molar-refractivity contribution is 7.13. The number of benzene rings is 1. The van der Waals surface area contributed by atoms with Crippen LogP contribution in [0.3, 0.4) is 0 Å². The molecule has 1 fully saturated rings. The minimum absolute atomic E-state index is 0.186. The van der Waals surface area contributed by atoms with E-state index in [4.69, 9.17) is 11.6 Å². The summed E-state index contributed by atoms with van der Waals surface area (Å²) < 4.78 is 1.16. The third kappa shape index (κ3) is 4.72. The molecule has 0 bridgehead atoms. The third-order valence-corrected chi connectivity index (χ3v) is 5.37. The van der Waals surface area contributed by atoms with Gasteiger partial charge in [-0.25, -0.2) is 4.68 Å². The molecule has 9 nitrogen and oxygen atoms in total. The van der Waals surface area contributed by atoms with Gasteiger partial charge in [0.25, 0.3) is 5.56 Å². The summed E-state index contributed by atoms with van der Waals surface area (Å²) in [6, 6.07) is 10.9. The highest BCUT2D eigenvalue weighted by Crippen LogP contribution is 2.22. The quantitative estimate of drug-likeness (QED) is 0.656. The molecule has 3 aromatic rings. The highest BCUT2D eigenvalue weighted by Gasteiger charge is 2.19. The summed E-state index contributed by atoms with van der Waals surface area (Å²) in [5.41, 5.74) is 2.27. The van der Waals surface area contributed by atoms with Crippen molar-refractivity contribution >= 4 is 45.5 Å². The normalized spacial score (nSPS) is 14.1. The Hall–Kier alpha value is -2.98. The van der Waals surface area contributed by atoms with Crippen LogP contribution in [0, 0.1) is 0 Å². The molecule has 3 heterocycles. The first-order valence-corrected chi connectivity index (χ1v) is 10.2. The number of nitrogens with zero attached hydrogens (tertiary/aromatic N) is 6. The van der Waals surface area contributed by atoms with Crippen molar-refractivity contribution in [3.63, 3.8) is 0 Å². The Morgan fingerprint density at radius 1 is 1.14 bits per heavy atom. The molecule has 11 heteroatoms. The molecule has 4 rings (SSSR count). The molecule has 0 radical (unpaired) electrons. The number of hydrogen-bond donors (Lipinski definition) is 1. The number of carbonyl (C=O) groups excluding carboxylic acids is 1. The Labute approximate surface area is 175 Å². The van der Waals surface area contributed by atoms with E-state index in [2.05, 4.69) is 30.4 Å². The smallest absolute Gasteiger partial charge is 0.267 e. The number of piperazine rings is 1. The molecule has 0 unspecified atom stereocenters. The lowest BCUT2D eigenvalue weighted by Gasteiger charge is -2.36. The molecule has 0 saturated carbocycles. The van der Waals surface area contributed by atoms with Gasteiger partial charge in [-0.3, -0.25) is 14.9 Å². The van der Waals surface area contributed by atoms with E-state index in [1.807, 2.05) is 24.3 Å². The molecule has 0 spiro atoms. The first-order chi connectivity index (χ1) is 14.1. The molecular weight excluding hydrogens is 414 g/mol. The van der Waals surface area contributed by atoms with Crippen molar-refractivity contribution in [2.75, 3.05) is 41.3 Å². The zero-order chi connectivity index (χ0) is 20.2. The Morgan fingerprint density at radius 3 is 2.66 bits per heavy atom. The van der Waals surface area contributed by atoms with Gasteiger partial charge < -0.3 is 9.80 Å². The van der Waals surface area contributed by atoms with E-state index in [1.54, 1.807) is 6.07 Å². The molecule has 2 aromatic heterocycles. The number of anilines is 3. The second-order valence-corrected chi connectivity index (χ2v) is 7.70. The topological polar surface area (TPSA) is 96.2 Å². The lowest BCUT2D eigenvalue weighted by atomic mass is 10.2. The number of rotatable bonds is 5. The molecule has 1 aromatic carbocycles. The fourth-order valence-electron chi connectivity index (χ4n) is 3.11. The standard InChI is InChI=1S/C18H18ClN7O2S/c19-13-2-1-3-14(10-13)24-6-8-25(9-7-24)15-4-5-17(28)26(23-15)11-16(27)21-18-22-20-12-29-18/h1-5,10,12H,6-9,11H2,(H,21,22,27). The summed E-state index contributed by atoms with van der Waals surface area (Å²) in [4.78, 5) is 28.6. The summed E-state index contributed by atoms with van der Waals surface area (Å²) in [5.74, 6) is 0.290. The number of amides is 1. The van der Waals surface area contributed by atoms with Crippen molar-refractivity contribution in [3.8, 4) is 0 Å². The van der Waals surface area contributed by atoms with E-state index in [-0.39, 0.29) is 18.0 Å². The average molecular weight is 432 g/mol. The molecule has 0 atom stereocenters. The molecule has 1 aliphatic heterocycles. The maximum atomic E-state index is 12.1. The molecule has 1 aliphatic rings. The Bertz CT molecular complexity index is 1050. The van der Waals surface area contributed by atoms with Gasteiger partial charge in [-0.15, -0.1) is 10.2 Å². The van der Waals surface area contributed by atoms with Gasteiger partial charge in [0.05, 0.1) is 0 Å². The Kier molecular flexibility index (Phi) is 5.72. The van der Waals surface area contributed by atoms with Crippen LogP contribution in [0.15, 0.2) is 46.7 Å². The van der Waals surface area contributed by atoms with Crippen molar-refractivity contribution < 1.29 is 4.79 Å². The van der Waals surface area contributed by atoms with Gasteiger partial charge >= 0.3 is 0 Å². The summed E-state index contributed by atoms with van der Waals surface area (Å²) in [6.07, 6.45) is 0. The predicted octanol–water partition coefficient (Wildman–Crippen LogP) is 1.71. The van der Waals surface area contributed by atoms with Gasteiger partial charge in [-0.05, 0) is 24.3 Å². The Morgan fingerprint density at radius 2 is 1.93 bits per heavy atom. The van der Waals surface area contributed by atoms with Gasteiger partial charge in [0, 0.05) is 43.0 Å². The van der Waals surface area contributed by atoms with Crippen LogP contribution in [-0.2, 0) is 11.3 Å². The average Bonchev–Trinajstić information content (AvgIpc) is 3.23. The monoisotopic (exact) mass is 431 g/mol. The molecule has 150 valence electrons. The number of aromatic nitrogens is 4. The number of halogens is 1. The van der Waals surface area contributed by atoms with Crippen molar-refractivity contribution in [2.45, 2.75) is 6.54 Å². The second-order valence-electron chi connectivity index (χ2n) is 6.43. The fourth-order valence-corrected chi connectivity index (χ4v) is 3.75. The van der Waals surface area contributed by atoms with Crippen molar-refractivity contribution in [1.29, 1.82) is 0 Å². The summed E-state index contributed by atoms with van der Waals surface area (Å²) in [6.45, 7) is 2.91. The number of nitrogens with one attached hydrogen (secondary N) is 1. The minimum Gasteiger partial charge on any atom is -0.368 e. The summed E-state index contributed by atoms with van der Waals surface area (Å²) in [7, 11) is 0. The van der Waals surface area contributed by atoms with Crippen LogP contribution in [-0.4, -0.2) is 52.1 Å². The van der Waals surface area contributed by atoms with Crippen LogP contribution in [0.5, 0.6) is 0 Å². The second kappa shape index (κ2) is 8.58. The largest absolute Gasteiger partial charge is 0.368 e. The van der Waals surface area contributed by atoms with E-state index >= 15 is 0 Å². The van der Waals surface area contributed by atoms with Crippen LogP contribution < -0.4 is 20.7 Å². The van der Waals surface area contributed by atoms with Crippen molar-refractivity contribution in [2.24, 2.45) is 0 Å². The van der Waals surface area contributed by atoms with E-state index < -0.39 is 0 Å². The Balaban J connectivity index is 1.41. The zero-order valence-electron chi connectivity index (χ0n) is 15.4. The van der Waals surface area contributed by atoms with Gasteiger partial charge in [-0.2, -0.15) is 5.10 Å². The minimum atomic E-state index is -0.376. The van der Waals surface area contributed by atoms with Crippen LogP contribution in [0.2, 0.25) is 5.02 Å². The van der Waals surface area contributed by atoms with E-state index in [1.165, 1.54) is 22.9 Å². The molecule has 1 N–H and O–H groups in total. The molecule has 1 saturated heterocycles. The van der Waals surface area contributed by atoms with Crippen molar-refractivity contribution in [3.05, 3.63) is 57.3 Å². The first kappa shape index (κ1) is 19.3. The fraction of sp³-hybridized carbons (Fsp3) is 0.278. The SMILES string of the molecule is O=C(Cn1nc(N2CCN(c3cccc(Cl)c3)CC2)ccc1=O)Nc1nncs1. The van der Waals surface area contributed by atoms with Gasteiger partial charge in [0.1, 0.15) is 17.9 Å². The van der Waals surface area contributed by atoms with Crippen molar-refractivity contribution in [1.82, 2.24) is 20.0 Å². The predicted molar refractivity (Wildman–Crippen MR) is 113 cm³/mol. The molecule has 1 amide bonds. The molecule has 29 heavy (non-hydrogen) atoms. The summed E-state index contributed by atoms with van der Waals surface area (Å²) in [5, 5.41) is 15.5. The first-order valence-electron chi connectivity index (χ1n) is 8.98. The lowest BCUT2D eigenvalue weighted by molar-refractivity contribution is -0.117. The number of hydrogen-bond acceptors (Lipinski definition) is 8. The van der Waals surface area contributed by atoms with Crippen LogP contribution in [0.25, 0.3) is 0 Å². The molecule has 0 aliphatic carbocycles. The third-order valence-electron chi connectivity index (χ3n) is 4.53. The number of carbonyl (C=O) groups is 1. The zero-order valence-corrected chi connectivity index (χ0v) is 16.9. The van der Waals surface area contributed by atoms with Gasteiger partial charge in [0.15, 0.2) is 0 Å². The maximum Gasteiger partial charge on any atom is 0.267 e. The van der Waals surface area contributed by atoms with E-state index in [0.29, 0.717) is 16.0 Å². The maximum absolute atomic E-state index is 12.1. The van der Waals surface area contributed by atoms with Crippen LogP contribution in [0.1, 0.15) is 0 Å². The molecular formula is C18H18ClN7O2S. The van der Waals surface area contributed by atoms with Gasteiger partial charge in [-0.1, -0.05) is 29.0 Å². The van der Waals surface area contributed by atoms with Crippen LogP contribution in [0.4, 0.5) is 16.6 Å². The lowest BCUT2D eigenvalue weighted by Crippen LogP contribution is -2.47. The summed E-state index contributed by atoms with van der Waals surface area (Å²) >= 11 is 7.30. The van der Waals surface area contributed by atoms with Gasteiger partial charge in [0.2, 0.25) is 11.0 Å².